The lowest BCUT2D eigenvalue weighted by atomic mass is 10.0. The predicted molar refractivity (Wildman–Crippen MR) is 147 cm³/mol. The molecule has 0 nitrogen and oxygen atoms in total. The van der Waals surface area contributed by atoms with Crippen LogP contribution in [0, 0.1) is 29.5 Å². The number of hydrogen-bond donors (Lipinski definition) is 0. The van der Waals surface area contributed by atoms with Gasteiger partial charge in [0.2, 0.25) is 0 Å². The van der Waals surface area contributed by atoms with Gasteiger partial charge in [-0.2, -0.15) is 0 Å². The average Bonchev–Trinajstić information content (AvgIpc) is 2.88. The van der Waals surface area contributed by atoms with Crippen molar-refractivity contribution in [2.24, 2.45) is 0 Å². The molecule has 0 N–H and O–H groups in total. The third-order valence-electron chi connectivity index (χ3n) is 6.21. The van der Waals surface area contributed by atoms with Crippen LogP contribution in [-0.4, -0.2) is 0 Å². The molecule has 35 heavy (non-hydrogen) atoms. The summed E-state index contributed by atoms with van der Waals surface area (Å²) in [7, 11) is 0. The smallest absolute Gasteiger partial charge is 0.127 e. The molecule has 180 valence electrons. The van der Waals surface area contributed by atoms with Gasteiger partial charge in [0.15, 0.2) is 0 Å². The van der Waals surface area contributed by atoms with Gasteiger partial charge in [-0.05, 0) is 85.3 Å². The summed E-state index contributed by atoms with van der Waals surface area (Å²) >= 11 is 0. The first-order chi connectivity index (χ1) is 17.2. The standard InChI is InChI=1S/C34H37F/c1-3-5-7-8-10-12-33-26-25-32(27-34(33)35)24-23-31-21-19-30(20-22-31)18-17-29-15-13-28(14-16-29)11-9-6-4-2/h13-16,19-22,25-27H,3-12H2,1-2H3. The Morgan fingerprint density at radius 1 is 0.514 bits per heavy atom. The molecule has 0 amide bonds. The highest BCUT2D eigenvalue weighted by Crippen LogP contribution is 2.15. The van der Waals surface area contributed by atoms with E-state index in [9.17, 15) is 4.39 Å². The molecular weight excluding hydrogens is 427 g/mol. The summed E-state index contributed by atoms with van der Waals surface area (Å²) in [5.74, 6) is 12.5. The van der Waals surface area contributed by atoms with Crippen molar-refractivity contribution in [3.63, 3.8) is 0 Å². The minimum absolute atomic E-state index is 0.146. The van der Waals surface area contributed by atoms with Crippen LogP contribution in [0.3, 0.4) is 0 Å². The van der Waals surface area contributed by atoms with Crippen LogP contribution in [-0.2, 0) is 12.8 Å². The van der Waals surface area contributed by atoms with Crippen molar-refractivity contribution in [1.29, 1.82) is 0 Å². The van der Waals surface area contributed by atoms with Crippen LogP contribution in [0.15, 0.2) is 66.7 Å². The predicted octanol–water partition coefficient (Wildman–Crippen LogP) is 8.87. The fourth-order valence-corrected chi connectivity index (χ4v) is 4.01. The normalized spacial score (nSPS) is 10.3. The monoisotopic (exact) mass is 464 g/mol. The van der Waals surface area contributed by atoms with Gasteiger partial charge >= 0.3 is 0 Å². The third-order valence-corrected chi connectivity index (χ3v) is 6.21. The van der Waals surface area contributed by atoms with E-state index in [1.54, 1.807) is 6.07 Å². The Bertz CT molecular complexity index is 1160. The van der Waals surface area contributed by atoms with Crippen molar-refractivity contribution >= 4 is 0 Å². The van der Waals surface area contributed by atoms with Crippen molar-refractivity contribution in [2.45, 2.75) is 78.1 Å². The van der Waals surface area contributed by atoms with E-state index in [0.29, 0.717) is 5.56 Å². The molecule has 3 aromatic carbocycles. The first-order valence-corrected chi connectivity index (χ1v) is 13.2. The van der Waals surface area contributed by atoms with Crippen molar-refractivity contribution in [2.75, 3.05) is 0 Å². The molecular formula is C34H37F. The molecule has 0 saturated carbocycles. The third kappa shape index (κ3) is 9.47. The van der Waals surface area contributed by atoms with Crippen LogP contribution in [0.2, 0.25) is 0 Å². The number of benzene rings is 3. The van der Waals surface area contributed by atoms with Crippen molar-refractivity contribution in [3.8, 4) is 23.7 Å². The molecule has 0 aromatic heterocycles. The van der Waals surface area contributed by atoms with Gasteiger partial charge in [0.1, 0.15) is 5.82 Å². The highest BCUT2D eigenvalue weighted by molar-refractivity contribution is 5.48. The Kier molecular flexibility index (Phi) is 11.2. The number of halogens is 1. The van der Waals surface area contributed by atoms with Crippen LogP contribution in [0.25, 0.3) is 0 Å². The number of aryl methyl sites for hydroxylation is 2. The summed E-state index contributed by atoms with van der Waals surface area (Å²) in [6, 6.07) is 21.8. The van der Waals surface area contributed by atoms with Gasteiger partial charge in [-0.25, -0.2) is 4.39 Å². The Balaban J connectivity index is 1.54. The van der Waals surface area contributed by atoms with Crippen LogP contribution in [0.4, 0.5) is 4.39 Å². The zero-order chi connectivity index (χ0) is 24.7. The molecule has 0 radical (unpaired) electrons. The molecule has 1 heteroatoms. The molecule has 0 fully saturated rings. The average molecular weight is 465 g/mol. The largest absolute Gasteiger partial charge is 0.207 e. The van der Waals surface area contributed by atoms with Gasteiger partial charge in [-0.3, -0.25) is 0 Å². The molecule has 0 unspecified atom stereocenters. The molecule has 0 atom stereocenters. The minimum Gasteiger partial charge on any atom is -0.207 e. The van der Waals surface area contributed by atoms with E-state index in [1.165, 1.54) is 50.5 Å². The van der Waals surface area contributed by atoms with E-state index in [4.69, 9.17) is 0 Å². The van der Waals surface area contributed by atoms with Crippen molar-refractivity contribution in [3.05, 3.63) is 106 Å². The Hall–Kier alpha value is -3.29. The molecule has 0 aliphatic carbocycles. The van der Waals surface area contributed by atoms with Gasteiger partial charge in [-0.1, -0.05) is 94.3 Å². The second-order valence-electron chi connectivity index (χ2n) is 9.20. The first-order valence-electron chi connectivity index (χ1n) is 13.2. The zero-order valence-corrected chi connectivity index (χ0v) is 21.3. The lowest BCUT2D eigenvalue weighted by Crippen LogP contribution is -1.92. The van der Waals surface area contributed by atoms with Crippen molar-refractivity contribution < 1.29 is 4.39 Å². The first kappa shape index (κ1) is 26.3. The number of unbranched alkanes of at least 4 members (excludes halogenated alkanes) is 6. The summed E-state index contributed by atoms with van der Waals surface area (Å²) in [5, 5.41) is 0. The molecule has 0 saturated heterocycles. The molecule has 0 aliphatic rings. The van der Waals surface area contributed by atoms with E-state index < -0.39 is 0 Å². The molecule has 3 aromatic rings. The van der Waals surface area contributed by atoms with E-state index in [-0.39, 0.29) is 5.82 Å². The number of rotatable bonds is 10. The lowest BCUT2D eigenvalue weighted by molar-refractivity contribution is 0.587. The van der Waals surface area contributed by atoms with Crippen LogP contribution < -0.4 is 0 Å². The summed E-state index contributed by atoms with van der Waals surface area (Å²) < 4.78 is 14.4. The highest BCUT2D eigenvalue weighted by Gasteiger charge is 2.03. The maximum Gasteiger partial charge on any atom is 0.127 e. The van der Waals surface area contributed by atoms with E-state index in [2.05, 4.69) is 61.8 Å². The van der Waals surface area contributed by atoms with E-state index in [0.717, 1.165) is 41.5 Å². The fraction of sp³-hybridized carbons (Fsp3) is 0.353. The second kappa shape index (κ2) is 14.9. The van der Waals surface area contributed by atoms with Crippen LogP contribution in [0.5, 0.6) is 0 Å². The second-order valence-corrected chi connectivity index (χ2v) is 9.20. The highest BCUT2D eigenvalue weighted by atomic mass is 19.1. The van der Waals surface area contributed by atoms with E-state index >= 15 is 0 Å². The van der Waals surface area contributed by atoms with E-state index in [1.807, 2.05) is 36.4 Å². The summed E-state index contributed by atoms with van der Waals surface area (Å²) in [5.41, 5.74) is 5.76. The number of hydrogen-bond acceptors (Lipinski definition) is 0. The van der Waals surface area contributed by atoms with Crippen LogP contribution >= 0.6 is 0 Å². The Morgan fingerprint density at radius 3 is 1.54 bits per heavy atom. The summed E-state index contributed by atoms with van der Waals surface area (Å²) in [6.45, 7) is 4.44. The molecule has 3 rings (SSSR count). The fourth-order valence-electron chi connectivity index (χ4n) is 4.01. The van der Waals surface area contributed by atoms with Crippen molar-refractivity contribution in [1.82, 2.24) is 0 Å². The maximum absolute atomic E-state index is 14.4. The van der Waals surface area contributed by atoms with Gasteiger partial charge in [0, 0.05) is 22.3 Å². The molecule has 0 heterocycles. The van der Waals surface area contributed by atoms with Gasteiger partial charge in [0.05, 0.1) is 0 Å². The molecule has 0 aliphatic heterocycles. The molecule has 0 spiro atoms. The van der Waals surface area contributed by atoms with Gasteiger partial charge in [-0.15, -0.1) is 0 Å². The molecule has 0 bridgehead atoms. The quantitative estimate of drug-likeness (QED) is 0.208. The van der Waals surface area contributed by atoms with Gasteiger partial charge in [0.25, 0.3) is 0 Å². The maximum atomic E-state index is 14.4. The Morgan fingerprint density at radius 2 is 0.971 bits per heavy atom. The minimum atomic E-state index is -0.146. The topological polar surface area (TPSA) is 0 Å². The zero-order valence-electron chi connectivity index (χ0n) is 21.3. The SMILES string of the molecule is CCCCCCCc1ccc(C#Cc2ccc(C#Cc3ccc(CCCCC)cc3)cc2)cc1F. The van der Waals surface area contributed by atoms with Gasteiger partial charge < -0.3 is 0 Å². The summed E-state index contributed by atoms with van der Waals surface area (Å²) in [4.78, 5) is 0. The summed E-state index contributed by atoms with van der Waals surface area (Å²) in [6.07, 6.45) is 11.7. The lowest BCUT2D eigenvalue weighted by Gasteiger charge is -2.04. The van der Waals surface area contributed by atoms with Crippen LogP contribution in [0.1, 0.15) is 98.6 Å². The Labute approximate surface area is 212 Å².